The minimum absolute atomic E-state index is 0.323. The van der Waals surface area contributed by atoms with Crippen molar-refractivity contribution in [2.24, 2.45) is 0 Å². The Labute approximate surface area is 180 Å². The van der Waals surface area contributed by atoms with E-state index in [1.54, 1.807) is 0 Å². The standard InChI is InChI=1S/C29H29N/c1-21-9-14-26(15-10-21)29(25-7-5-4-6-8-25)20-24-12-17-27(18-13-24)30-28-16-11-22(2)23(3)19-28/h4-17,19-20,27,30H,18H2,1-3H3. The van der Waals surface area contributed by atoms with E-state index in [9.17, 15) is 0 Å². The van der Waals surface area contributed by atoms with Gasteiger partial charge in [0, 0.05) is 11.7 Å². The Hall–Kier alpha value is -3.32. The van der Waals surface area contributed by atoms with Crippen LogP contribution < -0.4 is 5.32 Å². The normalized spacial score (nSPS) is 16.3. The number of hydrogen-bond donors (Lipinski definition) is 1. The van der Waals surface area contributed by atoms with E-state index in [1.165, 1.54) is 44.7 Å². The minimum atomic E-state index is 0.323. The van der Waals surface area contributed by atoms with Crippen LogP contribution in [0.5, 0.6) is 0 Å². The number of nitrogens with one attached hydrogen (secondary N) is 1. The lowest BCUT2D eigenvalue weighted by Gasteiger charge is -2.19. The van der Waals surface area contributed by atoms with E-state index in [0.717, 1.165) is 6.42 Å². The van der Waals surface area contributed by atoms with Crippen LogP contribution in [0.25, 0.3) is 5.57 Å². The van der Waals surface area contributed by atoms with Crippen molar-refractivity contribution in [1.82, 2.24) is 0 Å². The molecule has 0 fully saturated rings. The predicted octanol–water partition coefficient (Wildman–Crippen LogP) is 7.41. The van der Waals surface area contributed by atoms with E-state index < -0.39 is 0 Å². The molecule has 0 saturated heterocycles. The fraction of sp³-hybridized carbons (Fsp3) is 0.172. The molecular formula is C29H29N. The zero-order valence-corrected chi connectivity index (χ0v) is 18.0. The highest BCUT2D eigenvalue weighted by Crippen LogP contribution is 2.27. The summed E-state index contributed by atoms with van der Waals surface area (Å²) in [6, 6.07) is 26.3. The van der Waals surface area contributed by atoms with Crippen molar-refractivity contribution in [1.29, 1.82) is 0 Å². The van der Waals surface area contributed by atoms with Crippen LogP contribution in [0.4, 0.5) is 5.69 Å². The monoisotopic (exact) mass is 391 g/mol. The van der Waals surface area contributed by atoms with E-state index in [0.29, 0.717) is 6.04 Å². The highest BCUT2D eigenvalue weighted by molar-refractivity contribution is 5.82. The summed E-state index contributed by atoms with van der Waals surface area (Å²) in [4.78, 5) is 0. The average molecular weight is 392 g/mol. The van der Waals surface area contributed by atoms with Gasteiger partial charge in [0.05, 0.1) is 0 Å². The Kier molecular flexibility index (Phi) is 5.99. The fourth-order valence-corrected chi connectivity index (χ4v) is 3.75. The Morgan fingerprint density at radius 2 is 1.57 bits per heavy atom. The molecule has 4 rings (SSSR count). The first kappa shape index (κ1) is 20.0. The van der Waals surface area contributed by atoms with Gasteiger partial charge in [-0.1, -0.05) is 84.5 Å². The van der Waals surface area contributed by atoms with Gasteiger partial charge in [0.25, 0.3) is 0 Å². The number of aryl methyl sites for hydroxylation is 3. The Morgan fingerprint density at radius 3 is 2.23 bits per heavy atom. The van der Waals surface area contributed by atoms with Gasteiger partial charge >= 0.3 is 0 Å². The molecule has 0 saturated carbocycles. The largest absolute Gasteiger partial charge is 0.379 e. The smallest absolute Gasteiger partial charge is 0.0482 e. The average Bonchev–Trinajstić information content (AvgIpc) is 2.77. The van der Waals surface area contributed by atoms with E-state index in [2.05, 4.69) is 123 Å². The van der Waals surface area contributed by atoms with Crippen LogP contribution in [0, 0.1) is 20.8 Å². The van der Waals surface area contributed by atoms with Gasteiger partial charge in [0.1, 0.15) is 0 Å². The topological polar surface area (TPSA) is 12.0 Å². The van der Waals surface area contributed by atoms with Crippen LogP contribution in [0.2, 0.25) is 0 Å². The summed E-state index contributed by atoms with van der Waals surface area (Å²) in [5.41, 5.74) is 10.1. The molecule has 0 amide bonds. The van der Waals surface area contributed by atoms with Crippen LogP contribution in [0.1, 0.15) is 34.2 Å². The van der Waals surface area contributed by atoms with Gasteiger partial charge in [-0.05, 0) is 78.8 Å². The molecule has 0 radical (unpaired) electrons. The molecule has 30 heavy (non-hydrogen) atoms. The van der Waals surface area contributed by atoms with Gasteiger partial charge in [-0.15, -0.1) is 0 Å². The first-order chi connectivity index (χ1) is 14.6. The molecule has 150 valence electrons. The second-order valence-corrected chi connectivity index (χ2v) is 8.14. The summed E-state index contributed by atoms with van der Waals surface area (Å²) in [7, 11) is 0. The lowest BCUT2D eigenvalue weighted by Crippen LogP contribution is -2.17. The molecule has 0 aliphatic heterocycles. The maximum absolute atomic E-state index is 3.64. The molecule has 1 N–H and O–H groups in total. The molecule has 1 nitrogen and oxygen atoms in total. The van der Waals surface area contributed by atoms with Crippen molar-refractivity contribution in [3.63, 3.8) is 0 Å². The van der Waals surface area contributed by atoms with Crippen molar-refractivity contribution < 1.29 is 0 Å². The first-order valence-electron chi connectivity index (χ1n) is 10.6. The zero-order valence-electron chi connectivity index (χ0n) is 18.0. The van der Waals surface area contributed by atoms with E-state index >= 15 is 0 Å². The molecule has 1 atom stereocenters. The van der Waals surface area contributed by atoms with Gasteiger partial charge in [-0.25, -0.2) is 0 Å². The molecule has 3 aromatic carbocycles. The highest BCUT2D eigenvalue weighted by atomic mass is 14.9. The quantitative estimate of drug-likeness (QED) is 0.477. The van der Waals surface area contributed by atoms with E-state index in [4.69, 9.17) is 0 Å². The van der Waals surface area contributed by atoms with Gasteiger partial charge in [-0.3, -0.25) is 0 Å². The molecule has 0 bridgehead atoms. The number of hydrogen-bond acceptors (Lipinski definition) is 1. The second-order valence-electron chi connectivity index (χ2n) is 8.14. The van der Waals surface area contributed by atoms with Crippen molar-refractivity contribution in [3.05, 3.63) is 130 Å². The molecule has 0 heterocycles. The zero-order chi connectivity index (χ0) is 20.9. The molecule has 0 spiro atoms. The Morgan fingerprint density at radius 1 is 0.833 bits per heavy atom. The summed E-state index contributed by atoms with van der Waals surface area (Å²) < 4.78 is 0. The summed E-state index contributed by atoms with van der Waals surface area (Å²) >= 11 is 0. The molecule has 0 aromatic heterocycles. The number of anilines is 1. The van der Waals surface area contributed by atoms with Crippen LogP contribution in [0.3, 0.4) is 0 Å². The van der Waals surface area contributed by atoms with Crippen LogP contribution in [-0.4, -0.2) is 6.04 Å². The molecule has 1 unspecified atom stereocenters. The van der Waals surface area contributed by atoms with Crippen LogP contribution in [-0.2, 0) is 0 Å². The third kappa shape index (κ3) is 4.80. The van der Waals surface area contributed by atoms with Crippen molar-refractivity contribution in [2.45, 2.75) is 33.2 Å². The fourth-order valence-electron chi connectivity index (χ4n) is 3.75. The van der Waals surface area contributed by atoms with Crippen molar-refractivity contribution >= 4 is 11.3 Å². The number of allylic oxidation sites excluding steroid dienone is 3. The van der Waals surface area contributed by atoms with Crippen molar-refractivity contribution in [2.75, 3.05) is 5.32 Å². The van der Waals surface area contributed by atoms with E-state index in [-0.39, 0.29) is 0 Å². The summed E-state index contributed by atoms with van der Waals surface area (Å²) in [6.07, 6.45) is 10.1. The Bertz CT molecular complexity index is 1100. The van der Waals surface area contributed by atoms with E-state index in [1.807, 2.05) is 0 Å². The van der Waals surface area contributed by atoms with Crippen LogP contribution >= 0.6 is 0 Å². The predicted molar refractivity (Wildman–Crippen MR) is 130 cm³/mol. The van der Waals surface area contributed by atoms with Gasteiger partial charge in [0.2, 0.25) is 0 Å². The maximum atomic E-state index is 3.64. The maximum Gasteiger partial charge on any atom is 0.0482 e. The molecule has 3 aromatic rings. The lowest BCUT2D eigenvalue weighted by molar-refractivity contribution is 0.877. The minimum Gasteiger partial charge on any atom is -0.379 e. The third-order valence-electron chi connectivity index (χ3n) is 5.75. The highest BCUT2D eigenvalue weighted by Gasteiger charge is 2.10. The SMILES string of the molecule is Cc1ccc(C(=CC2=CCC(Nc3ccc(C)c(C)c3)C=C2)c2ccccc2)cc1. The first-order valence-corrected chi connectivity index (χ1v) is 10.6. The second kappa shape index (κ2) is 9.00. The number of rotatable bonds is 5. The molecule has 1 aliphatic carbocycles. The van der Waals surface area contributed by atoms with Gasteiger partial charge in [0.15, 0.2) is 0 Å². The summed E-state index contributed by atoms with van der Waals surface area (Å²) in [5.74, 6) is 0. The number of benzene rings is 3. The molecular weight excluding hydrogens is 362 g/mol. The third-order valence-corrected chi connectivity index (χ3v) is 5.75. The van der Waals surface area contributed by atoms with Gasteiger partial charge in [-0.2, -0.15) is 0 Å². The molecule has 1 heteroatoms. The van der Waals surface area contributed by atoms with Crippen LogP contribution in [0.15, 0.2) is 103 Å². The van der Waals surface area contributed by atoms with Gasteiger partial charge < -0.3 is 5.32 Å². The summed E-state index contributed by atoms with van der Waals surface area (Å²) in [5, 5.41) is 3.64. The molecule has 1 aliphatic rings. The van der Waals surface area contributed by atoms with Crippen molar-refractivity contribution in [3.8, 4) is 0 Å². The Balaban J connectivity index is 1.55. The summed E-state index contributed by atoms with van der Waals surface area (Å²) in [6.45, 7) is 6.44. The lowest BCUT2D eigenvalue weighted by atomic mass is 9.93.